The molecule has 2 N–H and O–H groups in total. The van der Waals surface area contributed by atoms with Crippen LogP contribution in [-0.2, 0) is 19.6 Å². The first-order chi connectivity index (χ1) is 15.2. The van der Waals surface area contributed by atoms with Crippen LogP contribution in [0.1, 0.15) is 6.92 Å². The molecule has 0 spiro atoms. The number of hydrogen-bond donors (Lipinski definition) is 2. The van der Waals surface area contributed by atoms with Crippen LogP contribution in [0.5, 0.6) is 0 Å². The second-order valence-corrected chi connectivity index (χ2v) is 9.43. The maximum Gasteiger partial charge on any atom is 0.264 e. The minimum Gasteiger partial charge on any atom is -0.326 e. The number of sulfonamides is 1. The van der Waals surface area contributed by atoms with Crippen molar-refractivity contribution in [3.8, 4) is 0 Å². The van der Waals surface area contributed by atoms with Gasteiger partial charge in [0.25, 0.3) is 10.0 Å². The molecule has 0 saturated heterocycles. The highest BCUT2D eigenvalue weighted by molar-refractivity contribution is 7.92. The number of nitrogens with zero attached hydrogens (tertiary/aromatic N) is 1. The quantitative estimate of drug-likeness (QED) is 0.496. The summed E-state index contributed by atoms with van der Waals surface area (Å²) in [7, 11) is -4.12. The van der Waals surface area contributed by atoms with Gasteiger partial charge in [-0.3, -0.25) is 13.9 Å². The highest BCUT2D eigenvalue weighted by Crippen LogP contribution is 2.33. The average molecular weight is 492 g/mol. The zero-order valence-electron chi connectivity index (χ0n) is 16.9. The van der Waals surface area contributed by atoms with Crippen LogP contribution in [0.3, 0.4) is 0 Å². The number of carbonyl (C=O) groups excluding carboxylic acids is 2. The topological polar surface area (TPSA) is 95.6 Å². The molecule has 0 aliphatic carbocycles. The molecule has 0 heterocycles. The molecule has 0 unspecified atom stereocenters. The molecule has 3 rings (SSSR count). The molecule has 2 amide bonds. The predicted octanol–water partition coefficient (Wildman–Crippen LogP) is 4.79. The number of nitrogens with one attached hydrogen (secondary N) is 2. The molecule has 3 aromatic rings. The van der Waals surface area contributed by atoms with Gasteiger partial charge >= 0.3 is 0 Å². The minimum absolute atomic E-state index is 0.00324. The van der Waals surface area contributed by atoms with Gasteiger partial charge in [0, 0.05) is 23.3 Å². The number of anilines is 3. The van der Waals surface area contributed by atoms with Gasteiger partial charge in [-0.15, -0.1) is 0 Å². The summed E-state index contributed by atoms with van der Waals surface area (Å²) in [5.74, 6) is -0.810. The van der Waals surface area contributed by atoms with Crippen LogP contribution in [0.4, 0.5) is 17.1 Å². The molecule has 0 aliphatic rings. The van der Waals surface area contributed by atoms with Gasteiger partial charge < -0.3 is 10.6 Å². The lowest BCUT2D eigenvalue weighted by atomic mass is 10.2. The molecule has 0 bridgehead atoms. The number of amides is 2. The first-order valence-corrected chi connectivity index (χ1v) is 11.6. The SMILES string of the molecule is CC(=O)Nc1ccc(NC(=O)CN(c2cc(Cl)ccc2Cl)S(=O)(=O)c2ccccc2)cc1. The molecule has 166 valence electrons. The molecule has 0 radical (unpaired) electrons. The molecule has 0 aliphatic heterocycles. The summed E-state index contributed by atoms with van der Waals surface area (Å²) >= 11 is 12.3. The van der Waals surface area contributed by atoms with Crippen molar-refractivity contribution in [2.24, 2.45) is 0 Å². The average Bonchev–Trinajstić information content (AvgIpc) is 2.75. The minimum atomic E-state index is -4.12. The fraction of sp³-hybridized carbons (Fsp3) is 0.0909. The zero-order valence-corrected chi connectivity index (χ0v) is 19.2. The molecule has 7 nitrogen and oxygen atoms in total. The number of halogens is 2. The molecule has 0 atom stereocenters. The Hall–Kier alpha value is -3.07. The van der Waals surface area contributed by atoms with Gasteiger partial charge in [0.2, 0.25) is 11.8 Å². The van der Waals surface area contributed by atoms with Gasteiger partial charge in [0.05, 0.1) is 15.6 Å². The summed E-state index contributed by atoms with van der Waals surface area (Å²) in [5.41, 5.74) is 1.08. The number of hydrogen-bond acceptors (Lipinski definition) is 4. The summed E-state index contributed by atoms with van der Waals surface area (Å²) < 4.78 is 27.6. The van der Waals surface area contributed by atoms with Crippen LogP contribution in [0, 0.1) is 0 Å². The second-order valence-electron chi connectivity index (χ2n) is 6.73. The summed E-state index contributed by atoms with van der Waals surface area (Å²) in [6.45, 7) is 0.850. The van der Waals surface area contributed by atoms with E-state index in [2.05, 4.69) is 10.6 Å². The van der Waals surface area contributed by atoms with Gasteiger partial charge in [-0.1, -0.05) is 41.4 Å². The molecule has 3 aromatic carbocycles. The number of benzene rings is 3. The van der Waals surface area contributed by atoms with Crippen molar-refractivity contribution in [3.63, 3.8) is 0 Å². The van der Waals surface area contributed by atoms with Crippen LogP contribution in [0.15, 0.2) is 77.7 Å². The maximum absolute atomic E-state index is 13.3. The Kier molecular flexibility index (Phi) is 7.40. The van der Waals surface area contributed by atoms with Gasteiger partial charge in [-0.05, 0) is 54.6 Å². The fourth-order valence-corrected chi connectivity index (χ4v) is 4.76. The van der Waals surface area contributed by atoms with Gasteiger partial charge in [0.15, 0.2) is 0 Å². The van der Waals surface area contributed by atoms with Crippen LogP contribution < -0.4 is 14.9 Å². The van der Waals surface area contributed by atoms with E-state index in [1.165, 1.54) is 37.3 Å². The summed E-state index contributed by atoms with van der Waals surface area (Å²) in [6.07, 6.45) is 0. The van der Waals surface area contributed by atoms with Crippen molar-refractivity contribution in [2.75, 3.05) is 21.5 Å². The highest BCUT2D eigenvalue weighted by atomic mass is 35.5. The summed E-state index contributed by atoms with van der Waals surface area (Å²) in [6, 6.07) is 18.5. The maximum atomic E-state index is 13.3. The predicted molar refractivity (Wildman–Crippen MR) is 127 cm³/mol. The van der Waals surface area contributed by atoms with E-state index in [9.17, 15) is 18.0 Å². The molecule has 0 aromatic heterocycles. The van der Waals surface area contributed by atoms with Crippen molar-refractivity contribution < 1.29 is 18.0 Å². The zero-order chi connectivity index (χ0) is 23.3. The first kappa shape index (κ1) is 23.6. The lowest BCUT2D eigenvalue weighted by Gasteiger charge is -2.25. The van der Waals surface area contributed by atoms with Crippen LogP contribution in [-0.4, -0.2) is 26.8 Å². The number of carbonyl (C=O) groups is 2. The van der Waals surface area contributed by atoms with Crippen LogP contribution >= 0.6 is 23.2 Å². The molecular weight excluding hydrogens is 473 g/mol. The Bertz CT molecular complexity index is 1230. The Morgan fingerprint density at radius 1 is 0.875 bits per heavy atom. The van der Waals surface area contributed by atoms with E-state index in [4.69, 9.17) is 23.2 Å². The van der Waals surface area contributed by atoms with E-state index >= 15 is 0 Å². The standard InChI is InChI=1S/C22H19Cl2N3O4S/c1-15(28)25-17-8-10-18(11-9-17)26-22(29)14-27(21-13-16(23)7-12-20(21)24)32(30,31)19-5-3-2-4-6-19/h2-13H,14H2,1H3,(H,25,28)(H,26,29). The molecule has 0 saturated carbocycles. The van der Waals surface area contributed by atoms with Gasteiger partial charge in [0.1, 0.15) is 6.54 Å². The molecule has 0 fully saturated rings. The van der Waals surface area contributed by atoms with Crippen LogP contribution in [0.25, 0.3) is 0 Å². The van der Waals surface area contributed by atoms with Crippen molar-refractivity contribution in [2.45, 2.75) is 11.8 Å². The van der Waals surface area contributed by atoms with Crippen LogP contribution in [0.2, 0.25) is 10.0 Å². The molecule has 10 heteroatoms. The Labute approximate surface area is 196 Å². The van der Waals surface area contributed by atoms with E-state index in [0.29, 0.717) is 11.4 Å². The third kappa shape index (κ3) is 5.79. The smallest absolute Gasteiger partial charge is 0.264 e. The van der Waals surface area contributed by atoms with E-state index in [0.717, 1.165) is 4.31 Å². The number of rotatable bonds is 7. The monoisotopic (exact) mass is 491 g/mol. The molecular formula is C22H19Cl2N3O4S. The van der Waals surface area contributed by atoms with E-state index in [-0.39, 0.29) is 26.5 Å². The summed E-state index contributed by atoms with van der Waals surface area (Å²) in [5, 5.41) is 5.67. The van der Waals surface area contributed by atoms with Gasteiger partial charge in [-0.25, -0.2) is 8.42 Å². The Morgan fingerprint density at radius 2 is 1.47 bits per heavy atom. The normalized spacial score (nSPS) is 11.0. The lowest BCUT2D eigenvalue weighted by Crippen LogP contribution is -2.38. The second kappa shape index (κ2) is 10.0. The van der Waals surface area contributed by atoms with Crippen molar-refractivity contribution in [1.29, 1.82) is 0 Å². The highest BCUT2D eigenvalue weighted by Gasteiger charge is 2.29. The van der Waals surface area contributed by atoms with E-state index in [1.807, 2.05) is 0 Å². The Balaban J connectivity index is 1.90. The largest absolute Gasteiger partial charge is 0.326 e. The third-order valence-electron chi connectivity index (χ3n) is 4.28. The van der Waals surface area contributed by atoms with Crippen molar-refractivity contribution >= 4 is 62.1 Å². The Morgan fingerprint density at radius 3 is 2.06 bits per heavy atom. The van der Waals surface area contributed by atoms with E-state index < -0.39 is 22.5 Å². The summed E-state index contributed by atoms with van der Waals surface area (Å²) in [4.78, 5) is 23.9. The van der Waals surface area contributed by atoms with Crippen molar-refractivity contribution in [1.82, 2.24) is 0 Å². The van der Waals surface area contributed by atoms with Gasteiger partial charge in [-0.2, -0.15) is 0 Å². The third-order valence-corrected chi connectivity index (χ3v) is 6.61. The van der Waals surface area contributed by atoms with Crippen molar-refractivity contribution in [3.05, 3.63) is 82.8 Å². The lowest BCUT2D eigenvalue weighted by molar-refractivity contribution is -0.115. The molecule has 32 heavy (non-hydrogen) atoms. The first-order valence-electron chi connectivity index (χ1n) is 9.37. The fourth-order valence-electron chi connectivity index (χ4n) is 2.87. The van der Waals surface area contributed by atoms with E-state index in [1.54, 1.807) is 42.5 Å².